The Kier molecular flexibility index (Phi) is 9.24. The summed E-state index contributed by atoms with van der Waals surface area (Å²) in [6, 6.07) is 14.6. The van der Waals surface area contributed by atoms with E-state index in [4.69, 9.17) is 0 Å². The van der Waals surface area contributed by atoms with Crippen molar-refractivity contribution in [3.8, 4) is 0 Å². The van der Waals surface area contributed by atoms with Crippen LogP contribution in [0.4, 0.5) is 5.69 Å². The number of nitrogens with one attached hydrogen (secondary N) is 2. The largest absolute Gasteiger partial charge is 0.465 e. The van der Waals surface area contributed by atoms with Gasteiger partial charge in [-0.25, -0.2) is 4.79 Å². The number of hydrogen-bond donors (Lipinski definition) is 2. The molecule has 0 spiro atoms. The summed E-state index contributed by atoms with van der Waals surface area (Å²) in [6.07, 6.45) is 1.14. The van der Waals surface area contributed by atoms with Crippen molar-refractivity contribution in [2.75, 3.05) is 23.9 Å². The Bertz CT molecular complexity index is 837. The van der Waals surface area contributed by atoms with Gasteiger partial charge >= 0.3 is 5.97 Å². The third-order valence-electron chi connectivity index (χ3n) is 4.09. The van der Waals surface area contributed by atoms with Gasteiger partial charge in [0, 0.05) is 18.7 Å². The average molecular weight is 415 g/mol. The van der Waals surface area contributed by atoms with Crippen molar-refractivity contribution in [2.45, 2.75) is 26.3 Å². The molecule has 0 aliphatic carbocycles. The summed E-state index contributed by atoms with van der Waals surface area (Å²) in [6.45, 7) is 2.38. The molecule has 2 amide bonds. The van der Waals surface area contributed by atoms with E-state index in [9.17, 15) is 14.4 Å². The molecular formula is C22H26N2O4S. The minimum absolute atomic E-state index is 0.0175. The predicted octanol–water partition coefficient (Wildman–Crippen LogP) is 3.55. The van der Waals surface area contributed by atoms with E-state index < -0.39 is 0 Å². The number of esters is 1. The molecule has 2 aromatic carbocycles. The molecule has 29 heavy (non-hydrogen) atoms. The zero-order valence-electron chi connectivity index (χ0n) is 16.7. The first-order valence-corrected chi connectivity index (χ1v) is 10.5. The fourth-order valence-electron chi connectivity index (χ4n) is 2.57. The van der Waals surface area contributed by atoms with Crippen molar-refractivity contribution < 1.29 is 19.1 Å². The summed E-state index contributed by atoms with van der Waals surface area (Å²) >= 11 is 1.50. The Balaban J connectivity index is 1.57. The molecule has 0 aliphatic heterocycles. The highest BCUT2D eigenvalue weighted by atomic mass is 32.2. The van der Waals surface area contributed by atoms with E-state index in [1.165, 1.54) is 18.9 Å². The Morgan fingerprint density at radius 1 is 1.03 bits per heavy atom. The van der Waals surface area contributed by atoms with Crippen LogP contribution >= 0.6 is 11.8 Å². The van der Waals surface area contributed by atoms with Crippen molar-refractivity contribution in [1.29, 1.82) is 0 Å². The standard InChI is InChI=1S/C22H26N2O4S/c1-16-5-3-6-19(13-16)24-20(25)7-4-12-29-15-21(26)23-14-17-8-10-18(11-9-17)22(27)28-2/h3,5-6,8-11,13H,4,7,12,14-15H2,1-2H3,(H,23,26)(H,24,25). The van der Waals surface area contributed by atoms with Crippen LogP contribution in [0.5, 0.6) is 0 Å². The number of benzene rings is 2. The van der Waals surface area contributed by atoms with Crippen LogP contribution in [0.3, 0.4) is 0 Å². The SMILES string of the molecule is COC(=O)c1ccc(CNC(=O)CSCCCC(=O)Nc2cccc(C)c2)cc1. The van der Waals surface area contributed by atoms with Crippen molar-refractivity contribution in [3.05, 3.63) is 65.2 Å². The highest BCUT2D eigenvalue weighted by Gasteiger charge is 2.06. The second-order valence-corrected chi connectivity index (χ2v) is 7.64. The monoisotopic (exact) mass is 414 g/mol. The number of anilines is 1. The maximum atomic E-state index is 11.9. The molecule has 7 heteroatoms. The fraction of sp³-hybridized carbons (Fsp3) is 0.318. The van der Waals surface area contributed by atoms with Gasteiger partial charge in [-0.05, 0) is 54.5 Å². The number of amides is 2. The Labute approximate surface area is 175 Å². The summed E-state index contributed by atoms with van der Waals surface area (Å²) in [7, 11) is 1.34. The second-order valence-electron chi connectivity index (χ2n) is 6.54. The summed E-state index contributed by atoms with van der Waals surface area (Å²) in [5.74, 6) is 0.624. The summed E-state index contributed by atoms with van der Waals surface area (Å²) in [4.78, 5) is 35.2. The molecule has 2 rings (SSSR count). The number of hydrogen-bond acceptors (Lipinski definition) is 5. The minimum Gasteiger partial charge on any atom is -0.465 e. The molecule has 154 valence electrons. The van der Waals surface area contributed by atoms with Crippen LogP contribution in [-0.4, -0.2) is 36.4 Å². The van der Waals surface area contributed by atoms with E-state index in [0.29, 0.717) is 30.7 Å². The number of carbonyl (C=O) groups excluding carboxylic acids is 3. The average Bonchev–Trinajstić information content (AvgIpc) is 2.71. The van der Waals surface area contributed by atoms with Crippen LogP contribution in [-0.2, 0) is 20.9 Å². The lowest BCUT2D eigenvalue weighted by molar-refractivity contribution is -0.118. The van der Waals surface area contributed by atoms with Gasteiger partial charge in [0.2, 0.25) is 11.8 Å². The van der Waals surface area contributed by atoms with Gasteiger partial charge in [-0.3, -0.25) is 9.59 Å². The van der Waals surface area contributed by atoms with Gasteiger partial charge in [0.05, 0.1) is 18.4 Å². The number of thioether (sulfide) groups is 1. The molecule has 0 aromatic heterocycles. The number of carbonyl (C=O) groups is 3. The van der Waals surface area contributed by atoms with Gasteiger partial charge in [0.1, 0.15) is 0 Å². The Hall–Kier alpha value is -2.80. The molecule has 0 bridgehead atoms. The molecule has 0 unspecified atom stereocenters. The van der Waals surface area contributed by atoms with Crippen LogP contribution in [0.25, 0.3) is 0 Å². The van der Waals surface area contributed by atoms with Gasteiger partial charge in [-0.2, -0.15) is 11.8 Å². The topological polar surface area (TPSA) is 84.5 Å². The lowest BCUT2D eigenvalue weighted by Gasteiger charge is -2.07. The first-order valence-electron chi connectivity index (χ1n) is 9.36. The van der Waals surface area contributed by atoms with Crippen molar-refractivity contribution in [1.82, 2.24) is 5.32 Å². The number of aryl methyl sites for hydroxylation is 1. The molecule has 0 atom stereocenters. The molecule has 0 aliphatic rings. The van der Waals surface area contributed by atoms with E-state index >= 15 is 0 Å². The summed E-state index contributed by atoms with van der Waals surface area (Å²) in [5, 5.41) is 5.72. The van der Waals surface area contributed by atoms with E-state index in [0.717, 1.165) is 22.6 Å². The van der Waals surface area contributed by atoms with Gasteiger partial charge < -0.3 is 15.4 Å². The zero-order chi connectivity index (χ0) is 21.1. The van der Waals surface area contributed by atoms with E-state index in [2.05, 4.69) is 15.4 Å². The van der Waals surface area contributed by atoms with Crippen LogP contribution in [0.15, 0.2) is 48.5 Å². The fourth-order valence-corrected chi connectivity index (χ4v) is 3.35. The zero-order valence-corrected chi connectivity index (χ0v) is 17.5. The van der Waals surface area contributed by atoms with Gasteiger partial charge in [-0.15, -0.1) is 0 Å². The first-order chi connectivity index (χ1) is 14.0. The second kappa shape index (κ2) is 11.9. The molecule has 0 saturated heterocycles. The molecule has 2 aromatic rings. The number of rotatable bonds is 10. The highest BCUT2D eigenvalue weighted by molar-refractivity contribution is 7.99. The number of methoxy groups -OCH3 is 1. The van der Waals surface area contributed by atoms with E-state index in [-0.39, 0.29) is 17.8 Å². The minimum atomic E-state index is -0.385. The van der Waals surface area contributed by atoms with Crippen LogP contribution in [0.2, 0.25) is 0 Å². The van der Waals surface area contributed by atoms with E-state index in [1.807, 2.05) is 31.2 Å². The van der Waals surface area contributed by atoms with Crippen LogP contribution in [0.1, 0.15) is 34.3 Å². The Morgan fingerprint density at radius 3 is 2.48 bits per heavy atom. The predicted molar refractivity (Wildman–Crippen MR) is 116 cm³/mol. The lowest BCUT2D eigenvalue weighted by atomic mass is 10.1. The maximum absolute atomic E-state index is 11.9. The summed E-state index contributed by atoms with van der Waals surface area (Å²) < 4.78 is 4.65. The quantitative estimate of drug-likeness (QED) is 0.459. The Morgan fingerprint density at radius 2 is 1.79 bits per heavy atom. The van der Waals surface area contributed by atoms with E-state index in [1.54, 1.807) is 24.3 Å². The maximum Gasteiger partial charge on any atom is 0.337 e. The first kappa shape index (κ1) is 22.5. The molecule has 0 heterocycles. The smallest absolute Gasteiger partial charge is 0.337 e. The molecule has 0 fully saturated rings. The third kappa shape index (κ3) is 8.39. The molecule has 0 radical (unpaired) electrons. The molecule has 2 N–H and O–H groups in total. The van der Waals surface area contributed by atoms with Crippen LogP contribution < -0.4 is 10.6 Å². The lowest BCUT2D eigenvalue weighted by Crippen LogP contribution is -2.24. The van der Waals surface area contributed by atoms with Gasteiger partial charge in [0.25, 0.3) is 0 Å². The van der Waals surface area contributed by atoms with Crippen molar-refractivity contribution >= 4 is 35.2 Å². The van der Waals surface area contributed by atoms with Gasteiger partial charge in [-0.1, -0.05) is 24.3 Å². The van der Waals surface area contributed by atoms with Crippen molar-refractivity contribution in [3.63, 3.8) is 0 Å². The third-order valence-corrected chi connectivity index (χ3v) is 5.14. The summed E-state index contributed by atoms with van der Waals surface area (Å²) in [5.41, 5.74) is 3.29. The van der Waals surface area contributed by atoms with Crippen molar-refractivity contribution in [2.24, 2.45) is 0 Å². The molecule has 6 nitrogen and oxygen atoms in total. The molecular weight excluding hydrogens is 388 g/mol. The molecule has 0 saturated carbocycles. The number of ether oxygens (including phenoxy) is 1. The van der Waals surface area contributed by atoms with Gasteiger partial charge in [0.15, 0.2) is 0 Å². The van der Waals surface area contributed by atoms with Crippen LogP contribution in [0, 0.1) is 6.92 Å². The highest BCUT2D eigenvalue weighted by Crippen LogP contribution is 2.11. The normalized spacial score (nSPS) is 10.3.